The van der Waals surface area contributed by atoms with Crippen LogP contribution in [0.1, 0.15) is 31.9 Å². The minimum atomic E-state index is -0.445. The summed E-state index contributed by atoms with van der Waals surface area (Å²) in [6, 6.07) is 8.06. The van der Waals surface area contributed by atoms with Crippen molar-refractivity contribution in [2.45, 2.75) is 32.4 Å². The van der Waals surface area contributed by atoms with Gasteiger partial charge in [-0.15, -0.1) is 0 Å². The number of hydrogen-bond acceptors (Lipinski definition) is 3. The Bertz CT molecular complexity index is 323. The van der Waals surface area contributed by atoms with Crippen molar-refractivity contribution in [3.63, 3.8) is 0 Å². The van der Waals surface area contributed by atoms with E-state index >= 15 is 0 Å². The highest BCUT2D eigenvalue weighted by molar-refractivity contribution is 5.28. The third kappa shape index (κ3) is 4.02. The largest absolute Gasteiger partial charge is 0.497 e. The number of rotatable bonds is 6. The smallest absolute Gasteiger partial charge is 0.118 e. The van der Waals surface area contributed by atoms with Crippen LogP contribution in [-0.2, 0) is 0 Å². The van der Waals surface area contributed by atoms with Gasteiger partial charge >= 0.3 is 0 Å². The zero-order chi connectivity index (χ0) is 12.8. The first kappa shape index (κ1) is 14.0. The molecule has 2 atom stereocenters. The summed E-state index contributed by atoms with van der Waals surface area (Å²) in [4.78, 5) is 2.18. The van der Waals surface area contributed by atoms with Crippen molar-refractivity contribution in [1.82, 2.24) is 4.90 Å². The topological polar surface area (TPSA) is 32.7 Å². The summed E-state index contributed by atoms with van der Waals surface area (Å²) in [7, 11) is 3.68. The van der Waals surface area contributed by atoms with Crippen LogP contribution in [0.25, 0.3) is 0 Å². The highest BCUT2D eigenvalue weighted by Gasteiger charge is 2.13. The number of methoxy groups -OCH3 is 1. The van der Waals surface area contributed by atoms with Gasteiger partial charge in [-0.3, -0.25) is 0 Å². The van der Waals surface area contributed by atoms with E-state index in [4.69, 9.17) is 4.74 Å². The molecule has 2 unspecified atom stereocenters. The van der Waals surface area contributed by atoms with E-state index in [2.05, 4.69) is 18.7 Å². The first-order valence-corrected chi connectivity index (χ1v) is 6.10. The molecule has 17 heavy (non-hydrogen) atoms. The first-order valence-electron chi connectivity index (χ1n) is 6.10. The normalized spacial score (nSPS) is 14.7. The van der Waals surface area contributed by atoms with Crippen molar-refractivity contribution in [3.05, 3.63) is 29.8 Å². The minimum absolute atomic E-state index is 0.445. The van der Waals surface area contributed by atoms with Crippen LogP contribution in [0.5, 0.6) is 5.75 Å². The number of hydrogen-bond donors (Lipinski definition) is 1. The van der Waals surface area contributed by atoms with Gasteiger partial charge in [0.25, 0.3) is 0 Å². The van der Waals surface area contributed by atoms with E-state index in [1.54, 1.807) is 7.11 Å². The molecule has 0 aromatic heterocycles. The first-order chi connectivity index (χ1) is 8.08. The van der Waals surface area contributed by atoms with Gasteiger partial charge < -0.3 is 14.7 Å². The molecular weight excluding hydrogens is 214 g/mol. The fourth-order valence-corrected chi connectivity index (χ4v) is 1.70. The monoisotopic (exact) mass is 237 g/mol. The molecule has 1 aromatic rings. The number of aliphatic hydroxyl groups is 1. The fraction of sp³-hybridized carbons (Fsp3) is 0.571. The molecule has 0 aliphatic carbocycles. The number of nitrogens with zero attached hydrogens (tertiary/aromatic N) is 1. The van der Waals surface area contributed by atoms with Crippen molar-refractivity contribution in [2.75, 3.05) is 20.7 Å². The average Bonchev–Trinajstić information content (AvgIpc) is 2.37. The summed E-state index contributed by atoms with van der Waals surface area (Å²) in [5.74, 6) is 0.816. The molecule has 96 valence electrons. The quantitative estimate of drug-likeness (QED) is 0.825. The Morgan fingerprint density at radius 3 is 2.35 bits per heavy atom. The predicted octanol–water partition coefficient (Wildman–Crippen LogP) is 2.46. The summed E-state index contributed by atoms with van der Waals surface area (Å²) >= 11 is 0. The van der Waals surface area contributed by atoms with Gasteiger partial charge in [-0.1, -0.05) is 19.1 Å². The lowest BCUT2D eigenvalue weighted by Crippen LogP contribution is -2.32. The van der Waals surface area contributed by atoms with E-state index < -0.39 is 6.10 Å². The van der Waals surface area contributed by atoms with Crippen molar-refractivity contribution in [2.24, 2.45) is 0 Å². The summed E-state index contributed by atoms with van der Waals surface area (Å²) in [6.07, 6.45) is 0.645. The maximum atomic E-state index is 10.1. The lowest BCUT2D eigenvalue weighted by atomic mass is 10.1. The summed E-state index contributed by atoms with van der Waals surface area (Å²) in [5.41, 5.74) is 0.931. The Hall–Kier alpha value is -1.06. The molecule has 3 nitrogen and oxygen atoms in total. The highest BCUT2D eigenvalue weighted by Crippen LogP contribution is 2.19. The van der Waals surface area contributed by atoms with Crippen LogP contribution in [0.2, 0.25) is 0 Å². The molecule has 0 aliphatic heterocycles. The lowest BCUT2D eigenvalue weighted by Gasteiger charge is -2.26. The molecule has 0 spiro atoms. The molecule has 3 heteroatoms. The molecule has 0 bridgehead atoms. The molecule has 0 amide bonds. The number of aliphatic hydroxyl groups excluding tert-OH is 1. The van der Waals surface area contributed by atoms with Crippen LogP contribution in [0.15, 0.2) is 24.3 Å². The van der Waals surface area contributed by atoms with E-state index in [1.165, 1.54) is 0 Å². The number of likely N-dealkylation sites (N-methyl/N-ethyl adjacent to an activating group) is 1. The molecule has 0 saturated carbocycles. The summed E-state index contributed by atoms with van der Waals surface area (Å²) in [5, 5.41) is 10.1. The van der Waals surface area contributed by atoms with Gasteiger partial charge in [0, 0.05) is 12.6 Å². The Kier molecular flexibility index (Phi) is 5.45. The SMILES string of the molecule is CCC(C)N(C)CC(O)c1ccc(OC)cc1. The molecule has 0 radical (unpaired) electrons. The van der Waals surface area contributed by atoms with E-state index in [0.29, 0.717) is 12.6 Å². The van der Waals surface area contributed by atoms with Gasteiger partial charge in [0.05, 0.1) is 13.2 Å². The van der Waals surface area contributed by atoms with Gasteiger partial charge in [-0.05, 0) is 38.1 Å². The Morgan fingerprint density at radius 1 is 1.29 bits per heavy atom. The summed E-state index contributed by atoms with van der Waals surface area (Å²) in [6.45, 7) is 4.98. The average molecular weight is 237 g/mol. The molecule has 0 fully saturated rings. The van der Waals surface area contributed by atoms with E-state index in [0.717, 1.165) is 17.7 Å². The Balaban J connectivity index is 2.59. The second-order valence-electron chi connectivity index (χ2n) is 4.49. The molecule has 1 rings (SSSR count). The standard InChI is InChI=1S/C14H23NO2/c1-5-11(2)15(3)10-14(16)12-6-8-13(17-4)9-7-12/h6-9,11,14,16H,5,10H2,1-4H3. The van der Waals surface area contributed by atoms with Crippen LogP contribution in [0.4, 0.5) is 0 Å². The molecule has 1 aromatic carbocycles. The van der Waals surface area contributed by atoms with Gasteiger partial charge in [0.2, 0.25) is 0 Å². The highest BCUT2D eigenvalue weighted by atomic mass is 16.5. The second-order valence-corrected chi connectivity index (χ2v) is 4.49. The molecule has 1 N–H and O–H groups in total. The Labute approximate surface area is 104 Å². The van der Waals surface area contributed by atoms with Crippen molar-refractivity contribution in [1.29, 1.82) is 0 Å². The maximum absolute atomic E-state index is 10.1. The van der Waals surface area contributed by atoms with E-state index in [-0.39, 0.29) is 0 Å². The van der Waals surface area contributed by atoms with Crippen LogP contribution in [-0.4, -0.2) is 36.8 Å². The van der Waals surface area contributed by atoms with E-state index in [1.807, 2.05) is 31.3 Å². The minimum Gasteiger partial charge on any atom is -0.497 e. The third-order valence-electron chi connectivity index (χ3n) is 3.30. The molecule has 0 saturated heterocycles. The molecule has 0 heterocycles. The van der Waals surface area contributed by atoms with Crippen LogP contribution >= 0.6 is 0 Å². The second kappa shape index (κ2) is 6.62. The van der Waals surface area contributed by atoms with Gasteiger partial charge in [-0.2, -0.15) is 0 Å². The van der Waals surface area contributed by atoms with Crippen molar-refractivity contribution >= 4 is 0 Å². The van der Waals surface area contributed by atoms with Gasteiger partial charge in [-0.25, -0.2) is 0 Å². The lowest BCUT2D eigenvalue weighted by molar-refractivity contribution is 0.107. The van der Waals surface area contributed by atoms with Crippen LogP contribution in [0.3, 0.4) is 0 Å². The van der Waals surface area contributed by atoms with Crippen molar-refractivity contribution in [3.8, 4) is 5.75 Å². The van der Waals surface area contributed by atoms with Crippen LogP contribution < -0.4 is 4.74 Å². The summed E-state index contributed by atoms with van der Waals surface area (Å²) < 4.78 is 5.09. The zero-order valence-corrected chi connectivity index (χ0v) is 11.2. The van der Waals surface area contributed by atoms with Gasteiger partial charge in [0.15, 0.2) is 0 Å². The Morgan fingerprint density at radius 2 is 1.88 bits per heavy atom. The molecular formula is C14H23NO2. The van der Waals surface area contributed by atoms with Gasteiger partial charge in [0.1, 0.15) is 5.75 Å². The third-order valence-corrected chi connectivity index (χ3v) is 3.30. The zero-order valence-electron chi connectivity index (χ0n) is 11.2. The fourth-order valence-electron chi connectivity index (χ4n) is 1.70. The number of benzene rings is 1. The maximum Gasteiger partial charge on any atom is 0.118 e. The molecule has 0 aliphatic rings. The number of ether oxygens (including phenoxy) is 1. The van der Waals surface area contributed by atoms with E-state index in [9.17, 15) is 5.11 Å². The van der Waals surface area contributed by atoms with Crippen LogP contribution in [0, 0.1) is 0 Å². The predicted molar refractivity (Wildman–Crippen MR) is 70.3 cm³/mol. The van der Waals surface area contributed by atoms with Crippen molar-refractivity contribution < 1.29 is 9.84 Å².